The molecule has 1 heterocycles. The Morgan fingerprint density at radius 1 is 1.32 bits per heavy atom. The average Bonchev–Trinajstić information content (AvgIpc) is 2.52. The molecule has 0 radical (unpaired) electrons. The van der Waals surface area contributed by atoms with Crippen LogP contribution in [0.3, 0.4) is 0 Å². The Bertz CT molecular complexity index is 712. The summed E-state index contributed by atoms with van der Waals surface area (Å²) in [7, 11) is 5.10. The zero-order valence-corrected chi connectivity index (χ0v) is 12.6. The van der Waals surface area contributed by atoms with Crippen molar-refractivity contribution in [3.8, 4) is 22.6 Å². The summed E-state index contributed by atoms with van der Waals surface area (Å²) in [5, 5.41) is 9.65. The van der Waals surface area contributed by atoms with E-state index < -0.39 is 0 Å². The van der Waals surface area contributed by atoms with Gasteiger partial charge in [-0.25, -0.2) is 0 Å². The minimum atomic E-state index is -0.387. The van der Waals surface area contributed by atoms with Crippen LogP contribution in [0.1, 0.15) is 10.4 Å². The molecule has 0 aliphatic carbocycles. The summed E-state index contributed by atoms with van der Waals surface area (Å²) in [5.41, 5.74) is 1.68. The highest BCUT2D eigenvalue weighted by Gasteiger charge is 2.11. The van der Waals surface area contributed by atoms with Crippen LogP contribution in [-0.2, 0) is 0 Å². The van der Waals surface area contributed by atoms with E-state index in [1.807, 2.05) is 0 Å². The number of aliphatic imine (C=N–C) groups is 1. The maximum atomic E-state index is 12.0. The second-order valence-corrected chi connectivity index (χ2v) is 4.86. The van der Waals surface area contributed by atoms with Gasteiger partial charge in [-0.1, -0.05) is 0 Å². The van der Waals surface area contributed by atoms with Gasteiger partial charge in [-0.3, -0.25) is 9.78 Å². The molecule has 1 aromatic heterocycles. The molecule has 6 nitrogen and oxygen atoms in total. The third-order valence-electron chi connectivity index (χ3n) is 2.89. The molecule has 0 saturated carbocycles. The molecule has 2 aromatic rings. The van der Waals surface area contributed by atoms with E-state index in [1.165, 1.54) is 18.6 Å². The van der Waals surface area contributed by atoms with Crippen LogP contribution in [0.4, 0.5) is 0 Å². The molecule has 0 fully saturated rings. The minimum Gasteiger partial charge on any atom is -0.508 e. The molecular formula is C16H17N3O3. The van der Waals surface area contributed by atoms with E-state index in [1.54, 1.807) is 50.5 Å². The van der Waals surface area contributed by atoms with Gasteiger partial charge in [0.25, 0.3) is 5.91 Å². The second-order valence-electron chi connectivity index (χ2n) is 4.86. The van der Waals surface area contributed by atoms with E-state index in [-0.39, 0.29) is 11.7 Å². The molecule has 0 unspecified atom stereocenters. The predicted molar refractivity (Wildman–Crippen MR) is 84.4 cm³/mol. The molecule has 0 spiro atoms. The van der Waals surface area contributed by atoms with Crippen LogP contribution in [0.25, 0.3) is 11.1 Å². The lowest BCUT2D eigenvalue weighted by Gasteiger charge is -2.09. The van der Waals surface area contributed by atoms with Gasteiger partial charge in [-0.15, -0.1) is 0 Å². The lowest BCUT2D eigenvalue weighted by atomic mass is 10.0. The number of phenolic OH excluding ortho intramolecular Hbond substituents is 1. The van der Waals surface area contributed by atoms with Crippen molar-refractivity contribution < 1.29 is 14.6 Å². The molecule has 6 heteroatoms. The van der Waals surface area contributed by atoms with Crippen LogP contribution in [-0.4, -0.2) is 48.4 Å². The van der Waals surface area contributed by atoms with Gasteiger partial charge in [0.15, 0.2) is 0 Å². The molecule has 114 valence electrons. The van der Waals surface area contributed by atoms with Crippen LogP contribution in [0.15, 0.2) is 41.7 Å². The molecule has 1 aromatic carbocycles. The van der Waals surface area contributed by atoms with Crippen molar-refractivity contribution in [3.63, 3.8) is 0 Å². The summed E-state index contributed by atoms with van der Waals surface area (Å²) in [5.74, 6) is 0.307. The molecule has 0 atom stereocenters. The second kappa shape index (κ2) is 6.71. The molecular weight excluding hydrogens is 282 g/mol. The molecule has 0 aliphatic rings. The summed E-state index contributed by atoms with van der Waals surface area (Å²) in [6.45, 7) is 0. The van der Waals surface area contributed by atoms with Gasteiger partial charge in [0.2, 0.25) is 0 Å². The first-order valence-corrected chi connectivity index (χ1v) is 6.58. The van der Waals surface area contributed by atoms with E-state index in [9.17, 15) is 9.90 Å². The summed E-state index contributed by atoms with van der Waals surface area (Å²) < 4.78 is 5.27. The number of phenols is 1. The smallest absolute Gasteiger partial charge is 0.279 e. The number of rotatable bonds is 4. The van der Waals surface area contributed by atoms with Crippen molar-refractivity contribution in [2.45, 2.75) is 0 Å². The number of carbonyl (C=O) groups is 1. The number of amides is 1. The van der Waals surface area contributed by atoms with Crippen molar-refractivity contribution in [2.75, 3.05) is 21.2 Å². The number of methoxy groups -OCH3 is 1. The number of aromatic hydroxyl groups is 1. The van der Waals surface area contributed by atoms with E-state index in [2.05, 4.69) is 9.98 Å². The Hall–Kier alpha value is -2.89. The Morgan fingerprint density at radius 2 is 2.09 bits per heavy atom. The quantitative estimate of drug-likeness (QED) is 0.692. The summed E-state index contributed by atoms with van der Waals surface area (Å²) in [6, 6.07) is 6.42. The number of hydrogen-bond donors (Lipinski definition) is 1. The van der Waals surface area contributed by atoms with E-state index in [4.69, 9.17) is 4.74 Å². The lowest BCUT2D eigenvalue weighted by Crippen LogP contribution is -2.10. The lowest BCUT2D eigenvalue weighted by molar-refractivity contribution is 0.100. The number of ether oxygens (including phenoxy) is 1. The van der Waals surface area contributed by atoms with Crippen LogP contribution in [0, 0.1) is 0 Å². The van der Waals surface area contributed by atoms with Gasteiger partial charge in [-0.2, -0.15) is 4.99 Å². The Kier molecular flexibility index (Phi) is 4.73. The van der Waals surface area contributed by atoms with E-state index in [0.717, 1.165) is 0 Å². The number of benzene rings is 1. The highest BCUT2D eigenvalue weighted by Crippen LogP contribution is 2.32. The Morgan fingerprint density at radius 3 is 2.77 bits per heavy atom. The van der Waals surface area contributed by atoms with Gasteiger partial charge in [0.05, 0.1) is 19.0 Å². The van der Waals surface area contributed by atoms with Gasteiger partial charge in [0.1, 0.15) is 11.5 Å². The highest BCUT2D eigenvalue weighted by molar-refractivity contribution is 5.99. The van der Waals surface area contributed by atoms with Crippen molar-refractivity contribution in [2.24, 2.45) is 4.99 Å². The molecule has 0 bridgehead atoms. The fourth-order valence-electron chi connectivity index (χ4n) is 1.87. The molecule has 22 heavy (non-hydrogen) atoms. The summed E-state index contributed by atoms with van der Waals surface area (Å²) in [6.07, 6.45) is 4.49. The van der Waals surface area contributed by atoms with Crippen LogP contribution in [0.5, 0.6) is 11.5 Å². The van der Waals surface area contributed by atoms with Crippen LogP contribution >= 0.6 is 0 Å². The van der Waals surface area contributed by atoms with Gasteiger partial charge in [-0.05, 0) is 24.3 Å². The fraction of sp³-hybridized carbons (Fsp3) is 0.188. The highest BCUT2D eigenvalue weighted by atomic mass is 16.5. The maximum Gasteiger partial charge on any atom is 0.279 e. The molecule has 2 rings (SSSR count). The van der Waals surface area contributed by atoms with Gasteiger partial charge >= 0.3 is 0 Å². The summed E-state index contributed by atoms with van der Waals surface area (Å²) in [4.78, 5) is 21.6. The molecule has 0 aliphatic heterocycles. The average molecular weight is 299 g/mol. The Balaban J connectivity index is 2.41. The first-order valence-electron chi connectivity index (χ1n) is 6.58. The van der Waals surface area contributed by atoms with E-state index >= 15 is 0 Å². The first kappa shape index (κ1) is 15.5. The largest absolute Gasteiger partial charge is 0.508 e. The zero-order valence-electron chi connectivity index (χ0n) is 12.6. The van der Waals surface area contributed by atoms with Gasteiger partial charge < -0.3 is 14.7 Å². The zero-order chi connectivity index (χ0) is 16.1. The third-order valence-corrected chi connectivity index (χ3v) is 2.89. The molecule has 0 saturated heterocycles. The van der Waals surface area contributed by atoms with Crippen molar-refractivity contribution in [1.82, 2.24) is 9.88 Å². The van der Waals surface area contributed by atoms with Crippen LogP contribution in [0.2, 0.25) is 0 Å². The monoisotopic (exact) mass is 299 g/mol. The molecule has 1 amide bonds. The van der Waals surface area contributed by atoms with E-state index in [0.29, 0.717) is 22.4 Å². The number of nitrogens with zero attached hydrogens (tertiary/aromatic N) is 3. The standard InChI is InChI=1S/C16H17N3O3/c1-19(2)10-18-16(21)12-6-11(8-17-9-12)14-7-13(20)4-5-15(14)22-3/h4-10,20H,1-3H3. The number of pyridine rings is 1. The van der Waals surface area contributed by atoms with Crippen LogP contribution < -0.4 is 4.74 Å². The summed E-state index contributed by atoms with van der Waals surface area (Å²) >= 11 is 0. The number of hydrogen-bond acceptors (Lipinski definition) is 4. The molecule has 1 N–H and O–H groups in total. The fourth-order valence-corrected chi connectivity index (χ4v) is 1.87. The number of aromatic nitrogens is 1. The number of carbonyl (C=O) groups excluding carboxylic acids is 1. The predicted octanol–water partition coefficient (Wildman–Crippen LogP) is 2.19. The van der Waals surface area contributed by atoms with Crippen molar-refractivity contribution >= 4 is 12.2 Å². The normalized spacial score (nSPS) is 10.7. The minimum absolute atomic E-state index is 0.109. The van der Waals surface area contributed by atoms with Gasteiger partial charge in [0, 0.05) is 37.6 Å². The first-order chi connectivity index (χ1) is 10.5. The Labute approximate surface area is 128 Å². The maximum absolute atomic E-state index is 12.0. The third kappa shape index (κ3) is 3.60. The van der Waals surface area contributed by atoms with Crippen molar-refractivity contribution in [3.05, 3.63) is 42.2 Å². The topological polar surface area (TPSA) is 75.0 Å². The SMILES string of the molecule is COc1ccc(O)cc1-c1cncc(C(=O)N=CN(C)C)c1. The van der Waals surface area contributed by atoms with Crippen molar-refractivity contribution in [1.29, 1.82) is 0 Å².